The van der Waals surface area contributed by atoms with Gasteiger partial charge in [0.05, 0.1) is 10.8 Å². The van der Waals surface area contributed by atoms with Crippen LogP contribution in [0.3, 0.4) is 0 Å². The van der Waals surface area contributed by atoms with Gasteiger partial charge in [-0.25, -0.2) is 0 Å². The third-order valence-corrected chi connectivity index (χ3v) is 28.0. The number of aromatic hydroxyl groups is 5. The molecule has 133 heavy (non-hydrogen) atoms. The van der Waals surface area contributed by atoms with Crippen LogP contribution in [0.1, 0.15) is 231 Å². The standard InChI is InChI=1S/2C16H24O3S.C14H19ClO2S.C14H20O3S.C12H16O3S.C10H11ClO2S.C10H12O3S.C8H6Cl2O2S/c17-14-9-8-10-15(13-14)20-12-7-5-3-1-2-4-6-11-16(18)19;17-14-9-11-15(12-10-14)20-13-7-5-3-1-2-4-6-8-16(18)19;15-12-7-9-13(10-8-12)18-11-5-3-1-2-4-6-14(16)17;15-12-7-6-8-13(11-12)18-10-5-3-1-2-4-9-14(16)17;13-10-5-7-11(8-6-10)16-9-3-1-2-4-12(14)15;11-8-3-5-9(6-4-8)14-7-1-2-10(12)13;11-8-3-1-4-9(7-8)14-6-2-5-10(12)13;9-5-1-2-6(10)7(3-5)13-4-8(11)12/h8-10,13,17H,1-7,11-12H2,(H,18,19);9-12,17H,1-8,13H2,(H,18,19);7-10H,1-6,11H2,(H,16,17);6-8,11,15H,1-5,9-10H2,(H,16,17);5-8,13H,1-4,9H2,(H,14,15);3-6H,1-2,7H2,(H,12,13);1,3-4,7,11H,2,5-6H2,(H,12,13);1-3H,4H2,(H,11,12). The summed E-state index contributed by atoms with van der Waals surface area (Å²) in [5.74, 6) is 2.56. The average molecular weight is 2070 g/mol. The number of thioether (sulfide) groups is 8. The molecule has 0 unspecified atom stereocenters. The molecule has 0 bridgehead atoms. The smallest absolute Gasteiger partial charge is 0.313 e. The number of carboxylic acid groups (broad SMARTS) is 8. The van der Waals surface area contributed by atoms with Crippen molar-refractivity contribution in [3.8, 4) is 28.7 Å². The van der Waals surface area contributed by atoms with Crippen molar-refractivity contribution in [2.75, 3.05) is 46.0 Å². The summed E-state index contributed by atoms with van der Waals surface area (Å²) in [5.41, 5.74) is 0. The molecule has 0 aliphatic carbocycles. The predicted octanol–water partition coefficient (Wildman–Crippen LogP) is 30.1. The second kappa shape index (κ2) is 83.8. The molecule has 0 amide bonds. The Kier molecular flexibility index (Phi) is 77.8. The molecule has 0 saturated carbocycles. The van der Waals surface area contributed by atoms with Gasteiger partial charge in [0.15, 0.2) is 0 Å². The number of aliphatic carboxylic acids is 8. The molecule has 8 aromatic carbocycles. The van der Waals surface area contributed by atoms with Gasteiger partial charge in [-0.3, -0.25) is 38.4 Å². The van der Waals surface area contributed by atoms with Gasteiger partial charge in [0.1, 0.15) is 28.7 Å². The van der Waals surface area contributed by atoms with Crippen molar-refractivity contribution < 1.29 is 105 Å². The zero-order valence-corrected chi connectivity index (χ0v) is 84.9. The Morgan fingerprint density at radius 3 is 0.654 bits per heavy atom. The molecule has 0 aliphatic rings. The van der Waals surface area contributed by atoms with Gasteiger partial charge in [0.2, 0.25) is 0 Å². The Morgan fingerprint density at radius 1 is 0.195 bits per heavy atom. The Morgan fingerprint density at radius 2 is 0.406 bits per heavy atom. The summed E-state index contributed by atoms with van der Waals surface area (Å²) in [6.45, 7) is 0. The minimum Gasteiger partial charge on any atom is -0.508 e. The van der Waals surface area contributed by atoms with Gasteiger partial charge in [-0.05, 0) is 287 Å². The average Bonchev–Trinajstić information content (AvgIpc) is 0.879. The third-order valence-electron chi connectivity index (χ3n) is 18.1. The zero-order valence-electron chi connectivity index (χ0n) is 75.4. The maximum atomic E-state index is 10.3. The number of hydrogen-bond acceptors (Lipinski definition) is 21. The highest BCUT2D eigenvalue weighted by Crippen LogP contribution is 2.32. The van der Waals surface area contributed by atoms with Crippen LogP contribution in [-0.2, 0) is 38.4 Å². The van der Waals surface area contributed by atoms with Crippen molar-refractivity contribution in [1.29, 1.82) is 0 Å². The Bertz CT molecular complexity index is 4410. The molecule has 0 fully saturated rings. The topological polar surface area (TPSA) is 400 Å². The van der Waals surface area contributed by atoms with Crippen LogP contribution in [0, 0.1) is 0 Å². The van der Waals surface area contributed by atoms with Crippen molar-refractivity contribution >= 4 is 188 Å². The summed E-state index contributed by atoms with van der Waals surface area (Å²) in [5, 5.41) is 116. The highest BCUT2D eigenvalue weighted by molar-refractivity contribution is 8.01. The lowest BCUT2D eigenvalue weighted by atomic mass is 10.1. The Balaban J connectivity index is 0.000000763. The van der Waals surface area contributed by atoms with Gasteiger partial charge < -0.3 is 66.4 Å². The fourth-order valence-corrected chi connectivity index (χ4v) is 19.2. The van der Waals surface area contributed by atoms with Gasteiger partial charge >= 0.3 is 47.8 Å². The van der Waals surface area contributed by atoms with E-state index in [0.717, 1.165) is 196 Å². The maximum absolute atomic E-state index is 10.3. The first-order chi connectivity index (χ1) is 63.9. The van der Waals surface area contributed by atoms with E-state index >= 15 is 0 Å². The lowest BCUT2D eigenvalue weighted by Gasteiger charge is -2.03. The number of hydrogen-bond donors (Lipinski definition) is 13. The molecule has 13 N–H and O–H groups in total. The van der Waals surface area contributed by atoms with Crippen LogP contribution in [0.5, 0.6) is 28.7 Å². The number of unbranched alkanes of at least 4 members (excludes halogenated alkanes) is 22. The van der Waals surface area contributed by atoms with Crippen LogP contribution < -0.4 is 0 Å². The SMILES string of the molecule is O=C(O)CCCCCCCCCSc1ccc(O)cc1.O=C(O)CCCCCCCCCSc1cccc(O)c1.O=C(O)CCCCCCCSc1ccc(Cl)cc1.O=C(O)CCCCCCCSc1cccc(O)c1.O=C(O)CCCCCSc1ccc(O)cc1.O=C(O)CCCSc1ccc(Cl)cc1.O=C(O)CCCSc1cccc(O)c1.O=C(O)CSc1cc(Cl)ccc1Cl. The fraction of sp³-hybridized carbons (Fsp3) is 0.440. The normalized spacial score (nSPS) is 10.3. The molecule has 33 heteroatoms. The van der Waals surface area contributed by atoms with E-state index in [9.17, 15) is 53.7 Å². The van der Waals surface area contributed by atoms with Crippen LogP contribution in [0.2, 0.25) is 20.1 Å². The molecule has 0 heterocycles. The molecule has 8 rings (SSSR count). The predicted molar refractivity (Wildman–Crippen MR) is 553 cm³/mol. The maximum Gasteiger partial charge on any atom is 0.313 e. The molecular weight excluding hydrogens is 1940 g/mol. The lowest BCUT2D eigenvalue weighted by Crippen LogP contribution is -1.97. The first kappa shape index (κ1) is 123. The quantitative estimate of drug-likeness (QED) is 0.0124. The van der Waals surface area contributed by atoms with Gasteiger partial charge in [-0.15, -0.1) is 94.1 Å². The highest BCUT2D eigenvalue weighted by atomic mass is 35.5. The van der Waals surface area contributed by atoms with Gasteiger partial charge in [-0.1, -0.05) is 174 Å². The minimum absolute atomic E-state index is 0.0138. The van der Waals surface area contributed by atoms with E-state index in [1.807, 2.05) is 127 Å². The van der Waals surface area contributed by atoms with E-state index < -0.39 is 47.8 Å². The molecule has 734 valence electrons. The molecule has 8 aromatic rings. The van der Waals surface area contributed by atoms with Crippen LogP contribution in [0.4, 0.5) is 0 Å². The monoisotopic (exact) mass is 2060 g/mol. The lowest BCUT2D eigenvalue weighted by molar-refractivity contribution is -0.138. The number of benzene rings is 8. The van der Waals surface area contributed by atoms with Gasteiger partial charge in [-0.2, -0.15) is 0 Å². The van der Waals surface area contributed by atoms with Crippen LogP contribution in [0.25, 0.3) is 0 Å². The number of halogens is 4. The first-order valence-corrected chi connectivity index (χ1v) is 54.0. The summed E-state index contributed by atoms with van der Waals surface area (Å²) < 4.78 is 0. The van der Waals surface area contributed by atoms with Gasteiger partial charge in [0.25, 0.3) is 0 Å². The number of rotatable bonds is 60. The molecule has 0 spiro atoms. The number of carboxylic acids is 8. The summed E-state index contributed by atoms with van der Waals surface area (Å²) in [6, 6.07) is 56.5. The van der Waals surface area contributed by atoms with E-state index in [2.05, 4.69) is 0 Å². The number of carbonyl (C=O) groups is 8. The number of phenolic OH excluding ortho intramolecular Hbond substituents is 5. The third kappa shape index (κ3) is 81.4. The molecule has 0 aromatic heterocycles. The van der Waals surface area contributed by atoms with E-state index in [-0.39, 0.29) is 42.9 Å². The van der Waals surface area contributed by atoms with E-state index in [4.69, 9.17) is 97.5 Å². The largest absolute Gasteiger partial charge is 0.508 e. The van der Waals surface area contributed by atoms with Gasteiger partial charge in [0, 0.05) is 99.2 Å². The Labute approximate surface area is 839 Å². The molecule has 0 saturated heterocycles. The summed E-state index contributed by atoms with van der Waals surface area (Å²) in [6.07, 6.45) is 32.2. The molecule has 0 atom stereocenters. The fourth-order valence-electron chi connectivity index (χ4n) is 11.3. The second-order valence-electron chi connectivity index (χ2n) is 29.8. The molecule has 0 aliphatic heterocycles. The van der Waals surface area contributed by atoms with Crippen molar-refractivity contribution in [1.82, 2.24) is 0 Å². The molecular formula is C100H132Cl4O21S8. The number of phenols is 5. The molecule has 0 radical (unpaired) electrons. The van der Waals surface area contributed by atoms with Crippen molar-refractivity contribution in [2.45, 2.75) is 270 Å². The van der Waals surface area contributed by atoms with E-state index in [1.54, 1.807) is 144 Å². The van der Waals surface area contributed by atoms with E-state index in [1.165, 1.54) is 74.0 Å². The van der Waals surface area contributed by atoms with Crippen LogP contribution in [-0.4, -0.2) is 160 Å². The summed E-state index contributed by atoms with van der Waals surface area (Å²) in [4.78, 5) is 90.8. The Hall–Kier alpha value is -7.52. The zero-order chi connectivity index (χ0) is 98.1. The summed E-state index contributed by atoms with van der Waals surface area (Å²) >= 11 is 36.4. The van der Waals surface area contributed by atoms with Crippen molar-refractivity contribution in [3.05, 3.63) is 208 Å². The van der Waals surface area contributed by atoms with Crippen LogP contribution >= 0.6 is 140 Å². The summed E-state index contributed by atoms with van der Waals surface area (Å²) in [7, 11) is 0. The second-order valence-corrected chi connectivity index (χ2v) is 40.8. The van der Waals surface area contributed by atoms with E-state index in [0.29, 0.717) is 64.3 Å². The minimum atomic E-state index is -0.874. The van der Waals surface area contributed by atoms with Crippen molar-refractivity contribution in [3.63, 3.8) is 0 Å². The molecule has 21 nitrogen and oxygen atoms in total. The van der Waals surface area contributed by atoms with Crippen LogP contribution in [0.15, 0.2) is 227 Å². The highest BCUT2D eigenvalue weighted by Gasteiger charge is 2.09. The van der Waals surface area contributed by atoms with Crippen molar-refractivity contribution in [2.24, 2.45) is 0 Å². The first-order valence-electron chi connectivity index (χ1n) is 44.6.